The molecule has 0 aromatic rings. The van der Waals surface area contributed by atoms with Crippen molar-refractivity contribution >= 4 is 0 Å². The molecule has 0 aromatic carbocycles. The van der Waals surface area contributed by atoms with Crippen LogP contribution in [0.4, 0.5) is 0 Å². The van der Waals surface area contributed by atoms with Gasteiger partial charge in [0.15, 0.2) is 0 Å². The topological polar surface area (TPSA) is 0 Å². The first-order chi connectivity index (χ1) is 18.0. The van der Waals surface area contributed by atoms with Crippen molar-refractivity contribution in [1.29, 1.82) is 0 Å². The van der Waals surface area contributed by atoms with Crippen LogP contribution >= 0.6 is 0 Å². The van der Waals surface area contributed by atoms with Crippen LogP contribution in [0.3, 0.4) is 0 Å². The summed E-state index contributed by atoms with van der Waals surface area (Å²) < 4.78 is 0. The molecule has 168 valence electrons. The largest absolute Gasteiger partial charge is 0.0881 e. The number of hydrogen-bond donors (Lipinski definition) is 0. The maximum atomic E-state index is 2.99. The van der Waals surface area contributed by atoms with Gasteiger partial charge in [0, 0.05) is 77.0 Å². The van der Waals surface area contributed by atoms with E-state index in [1.54, 1.807) is 0 Å². The quantitative estimate of drug-likeness (QED) is 0.463. The van der Waals surface area contributed by atoms with Crippen molar-refractivity contribution in [3.63, 3.8) is 0 Å². The van der Waals surface area contributed by atoms with Crippen LogP contribution in [0.1, 0.15) is 77.0 Å². The van der Waals surface area contributed by atoms with E-state index in [2.05, 4.69) is 142 Å². The predicted octanol–water partition coefficient (Wildman–Crippen LogP) is 4.72. The fourth-order valence-electron chi connectivity index (χ4n) is 2.03. The Kier molecular flexibility index (Phi) is 20.7. The van der Waals surface area contributed by atoms with Crippen molar-refractivity contribution in [1.82, 2.24) is 0 Å². The molecule has 0 aromatic heterocycles. The summed E-state index contributed by atoms with van der Waals surface area (Å²) in [6.07, 6.45) is 8.15. The molecule has 0 bridgehead atoms. The smallest absolute Gasteiger partial charge is 0.0209 e. The first-order valence-electron chi connectivity index (χ1n) is 11.7. The molecule has 0 heterocycles. The van der Waals surface area contributed by atoms with Crippen molar-refractivity contribution in [2.45, 2.75) is 77.0 Å². The highest BCUT2D eigenvalue weighted by Gasteiger charge is 1.77. The maximum Gasteiger partial charge on any atom is 0.0209 e. The lowest BCUT2D eigenvalue weighted by Crippen LogP contribution is -1.69. The molecular weight excluding hydrogens is 432 g/mol. The lowest BCUT2D eigenvalue weighted by Gasteiger charge is -1.78. The Morgan fingerprint density at radius 3 is 0.306 bits per heavy atom. The molecule has 0 N–H and O–H groups in total. The van der Waals surface area contributed by atoms with Crippen molar-refractivity contribution in [3.05, 3.63) is 0 Å². The van der Waals surface area contributed by atoms with Crippen LogP contribution in [0.2, 0.25) is 0 Å². The first-order valence-corrected chi connectivity index (χ1v) is 11.7. The normalized spacial score (nSPS) is 13.3. The molecule has 1 rings (SSSR count). The molecule has 0 nitrogen and oxygen atoms in total. The average molecular weight is 457 g/mol. The summed E-state index contributed by atoms with van der Waals surface area (Å²) in [7, 11) is 0. The Bertz CT molecular complexity index is 1060. The van der Waals surface area contributed by atoms with Gasteiger partial charge in [-0.25, -0.2) is 0 Å². The van der Waals surface area contributed by atoms with Crippen molar-refractivity contribution < 1.29 is 0 Å². The van der Waals surface area contributed by atoms with Gasteiger partial charge in [-0.1, -0.05) is 71.0 Å². The van der Waals surface area contributed by atoms with Crippen LogP contribution in [-0.4, -0.2) is 0 Å². The second-order valence-electron chi connectivity index (χ2n) is 6.62. The van der Waals surface area contributed by atoms with Gasteiger partial charge >= 0.3 is 0 Å². The van der Waals surface area contributed by atoms with Crippen molar-refractivity contribution in [3.8, 4) is 142 Å². The van der Waals surface area contributed by atoms with Crippen LogP contribution in [-0.2, 0) is 0 Å². The third-order valence-corrected chi connectivity index (χ3v) is 3.69. The summed E-state index contributed by atoms with van der Waals surface area (Å²) in [6, 6.07) is 0. The third-order valence-electron chi connectivity index (χ3n) is 3.69. The van der Waals surface area contributed by atoms with E-state index in [1.807, 2.05) is 0 Å². The van der Waals surface area contributed by atoms with E-state index < -0.39 is 0 Å². The van der Waals surface area contributed by atoms with Crippen molar-refractivity contribution in [2.24, 2.45) is 0 Å². The van der Waals surface area contributed by atoms with Crippen LogP contribution in [0.15, 0.2) is 0 Å². The van der Waals surface area contributed by atoms with E-state index >= 15 is 0 Å². The van der Waals surface area contributed by atoms with E-state index in [0.29, 0.717) is 77.0 Å². The Morgan fingerprint density at radius 1 is 0.139 bits per heavy atom. The van der Waals surface area contributed by atoms with Gasteiger partial charge in [0.25, 0.3) is 0 Å². The molecule has 0 saturated heterocycles. The Labute approximate surface area is 218 Å². The van der Waals surface area contributed by atoms with Gasteiger partial charge in [-0.05, 0) is 71.0 Å². The molecule has 1 aliphatic rings. The highest BCUT2D eigenvalue weighted by molar-refractivity contribution is 5.32. The molecule has 0 saturated carbocycles. The lowest BCUT2D eigenvalue weighted by molar-refractivity contribution is 1.12. The molecule has 0 unspecified atom stereocenters. The monoisotopic (exact) mass is 456 g/mol. The standard InChI is InChI=1S/C36H24/c1-2-4-6-8-10-12-14-16-18-20-22-24-26-28-30-32-34-36-35-33-31-29-27-25-23-21-19-17-15-13-11-9-7-5-3-1/h1-2,11-14,23-26,35-36H2. The summed E-state index contributed by atoms with van der Waals surface area (Å²) in [4.78, 5) is 0. The average Bonchev–Trinajstić information content (AvgIpc) is 2.89. The summed E-state index contributed by atoms with van der Waals surface area (Å²) in [6.45, 7) is 0. The Hall–Kier alpha value is -5.28. The molecule has 0 amide bonds. The van der Waals surface area contributed by atoms with Gasteiger partial charge in [-0.15, -0.1) is 0 Å². The zero-order chi connectivity index (χ0) is 25.5. The van der Waals surface area contributed by atoms with E-state index in [0.717, 1.165) is 0 Å². The van der Waals surface area contributed by atoms with Gasteiger partial charge in [-0.3, -0.25) is 0 Å². The van der Waals surface area contributed by atoms with Gasteiger partial charge in [0.2, 0.25) is 0 Å². The minimum absolute atomic E-state index is 0.679. The fourth-order valence-corrected chi connectivity index (χ4v) is 2.03. The molecule has 1 aliphatic carbocycles. The molecule has 0 radical (unpaired) electrons. The van der Waals surface area contributed by atoms with Crippen molar-refractivity contribution in [2.75, 3.05) is 0 Å². The van der Waals surface area contributed by atoms with Crippen LogP contribution in [0.25, 0.3) is 0 Å². The zero-order valence-corrected chi connectivity index (χ0v) is 20.5. The first kappa shape index (κ1) is 28.8. The summed E-state index contributed by atoms with van der Waals surface area (Å²) in [5.74, 6) is 69.8. The minimum Gasteiger partial charge on any atom is -0.0881 e. The molecule has 0 spiro atoms. The molecule has 0 heteroatoms. The van der Waals surface area contributed by atoms with E-state index in [4.69, 9.17) is 0 Å². The summed E-state index contributed by atoms with van der Waals surface area (Å²) in [5, 5.41) is 0. The second-order valence-corrected chi connectivity index (χ2v) is 6.62. The molecule has 0 atom stereocenters. The summed E-state index contributed by atoms with van der Waals surface area (Å²) >= 11 is 0. The van der Waals surface area contributed by atoms with Gasteiger partial charge in [0.1, 0.15) is 0 Å². The van der Waals surface area contributed by atoms with E-state index in [-0.39, 0.29) is 0 Å². The van der Waals surface area contributed by atoms with Gasteiger partial charge in [0.05, 0.1) is 0 Å². The minimum atomic E-state index is 0.679. The lowest BCUT2D eigenvalue weighted by atomic mass is 10.3. The molecule has 0 aliphatic heterocycles. The zero-order valence-electron chi connectivity index (χ0n) is 20.5. The highest BCUT2D eigenvalue weighted by atomic mass is 13.8. The second kappa shape index (κ2) is 26.0. The van der Waals surface area contributed by atoms with Gasteiger partial charge < -0.3 is 0 Å². The van der Waals surface area contributed by atoms with Crippen LogP contribution in [0.5, 0.6) is 0 Å². The molecule has 0 fully saturated rings. The van der Waals surface area contributed by atoms with Gasteiger partial charge in [-0.2, -0.15) is 0 Å². The Morgan fingerprint density at radius 2 is 0.222 bits per heavy atom. The van der Waals surface area contributed by atoms with E-state index in [9.17, 15) is 0 Å². The molecular formula is C36H24. The summed E-state index contributed by atoms with van der Waals surface area (Å²) in [5.41, 5.74) is 0. The fraction of sp³-hybridized carbons (Fsp3) is 0.333. The predicted molar refractivity (Wildman–Crippen MR) is 149 cm³/mol. The highest BCUT2D eigenvalue weighted by Crippen LogP contribution is 1.87. The van der Waals surface area contributed by atoms with Crippen LogP contribution < -0.4 is 0 Å². The number of rotatable bonds is 0. The Balaban J connectivity index is 2.57. The van der Waals surface area contributed by atoms with Crippen LogP contribution in [0, 0.1) is 142 Å². The SMILES string of the molecule is C1#CCCC#CC#CCCC#CC#CCCC#CC#CCCC#CC#CCCC#CC#CCCC#C1. The number of hydrogen-bond acceptors (Lipinski definition) is 0. The van der Waals surface area contributed by atoms with E-state index in [1.165, 1.54) is 0 Å². The third kappa shape index (κ3) is 23.4. The maximum absolute atomic E-state index is 2.99. The molecule has 36 heavy (non-hydrogen) atoms.